The molecule has 17 heavy (non-hydrogen) atoms. The molecular formula is C15H17NO. The Balaban J connectivity index is 2.11. The summed E-state index contributed by atoms with van der Waals surface area (Å²) in [6.45, 7) is 0.752. The average Bonchev–Trinajstić information content (AvgIpc) is 3.18. The second kappa shape index (κ2) is 3.74. The molecule has 0 aliphatic heterocycles. The molecule has 1 fully saturated rings. The smallest absolute Gasteiger partial charge is 0.119 e. The first kappa shape index (κ1) is 10.6. The Bertz CT molecular complexity index is 558. The van der Waals surface area contributed by atoms with E-state index in [2.05, 4.69) is 30.3 Å². The number of methoxy groups -OCH3 is 1. The van der Waals surface area contributed by atoms with Crippen LogP contribution in [-0.2, 0) is 5.41 Å². The second-order valence-corrected chi connectivity index (χ2v) is 4.91. The average molecular weight is 227 g/mol. The first-order valence-corrected chi connectivity index (χ1v) is 6.06. The van der Waals surface area contributed by atoms with Crippen LogP contribution in [0.2, 0.25) is 0 Å². The fourth-order valence-corrected chi connectivity index (χ4v) is 2.44. The van der Waals surface area contributed by atoms with E-state index >= 15 is 0 Å². The molecule has 2 aromatic rings. The molecule has 0 bridgehead atoms. The lowest BCUT2D eigenvalue weighted by atomic mass is 9.94. The Morgan fingerprint density at radius 1 is 1.12 bits per heavy atom. The molecule has 0 unspecified atom stereocenters. The van der Waals surface area contributed by atoms with Crippen LogP contribution < -0.4 is 10.5 Å². The van der Waals surface area contributed by atoms with E-state index in [0.29, 0.717) is 0 Å². The fraction of sp³-hybridized carbons (Fsp3) is 0.333. The standard InChI is InChI=1S/C15H17NO/c1-17-14-5-3-11-2-4-13(8-12(11)9-14)15(10-16)6-7-15/h2-5,8-9H,6-7,10,16H2,1H3. The highest BCUT2D eigenvalue weighted by Crippen LogP contribution is 2.47. The lowest BCUT2D eigenvalue weighted by Crippen LogP contribution is -2.19. The third-order valence-corrected chi connectivity index (χ3v) is 3.90. The van der Waals surface area contributed by atoms with Gasteiger partial charge in [0.15, 0.2) is 0 Å². The summed E-state index contributed by atoms with van der Waals surface area (Å²) < 4.78 is 5.27. The zero-order valence-corrected chi connectivity index (χ0v) is 10.1. The number of fused-ring (bicyclic) bond motifs is 1. The Labute approximate surface area is 101 Å². The van der Waals surface area contributed by atoms with Crippen molar-refractivity contribution in [3.05, 3.63) is 42.0 Å². The predicted molar refractivity (Wildman–Crippen MR) is 70.5 cm³/mol. The molecule has 0 heterocycles. The maximum atomic E-state index is 5.88. The van der Waals surface area contributed by atoms with E-state index in [9.17, 15) is 0 Å². The Hall–Kier alpha value is -1.54. The highest BCUT2D eigenvalue weighted by Gasteiger charge is 2.42. The second-order valence-electron chi connectivity index (χ2n) is 4.91. The van der Waals surface area contributed by atoms with Crippen molar-refractivity contribution in [1.29, 1.82) is 0 Å². The van der Waals surface area contributed by atoms with E-state index in [1.54, 1.807) is 7.11 Å². The molecule has 0 aromatic heterocycles. The lowest BCUT2D eigenvalue weighted by molar-refractivity contribution is 0.415. The number of hydrogen-bond donors (Lipinski definition) is 1. The van der Waals surface area contributed by atoms with Crippen LogP contribution in [0.5, 0.6) is 5.75 Å². The topological polar surface area (TPSA) is 35.2 Å². The molecular weight excluding hydrogens is 210 g/mol. The summed E-state index contributed by atoms with van der Waals surface area (Å²) in [5.41, 5.74) is 7.51. The summed E-state index contributed by atoms with van der Waals surface area (Å²) in [5, 5.41) is 2.49. The number of ether oxygens (including phenoxy) is 1. The highest BCUT2D eigenvalue weighted by atomic mass is 16.5. The van der Waals surface area contributed by atoms with Gasteiger partial charge >= 0.3 is 0 Å². The van der Waals surface area contributed by atoms with Crippen LogP contribution in [0.1, 0.15) is 18.4 Å². The molecule has 0 radical (unpaired) electrons. The molecule has 1 aliphatic rings. The number of rotatable bonds is 3. The van der Waals surface area contributed by atoms with E-state index < -0.39 is 0 Å². The van der Waals surface area contributed by atoms with Gasteiger partial charge < -0.3 is 10.5 Å². The summed E-state index contributed by atoms with van der Waals surface area (Å²) in [5.74, 6) is 0.909. The molecule has 2 nitrogen and oxygen atoms in total. The fourth-order valence-electron chi connectivity index (χ4n) is 2.44. The van der Waals surface area contributed by atoms with Crippen LogP contribution >= 0.6 is 0 Å². The SMILES string of the molecule is COc1ccc2ccc(C3(CN)CC3)cc2c1. The van der Waals surface area contributed by atoms with E-state index in [-0.39, 0.29) is 5.41 Å². The largest absolute Gasteiger partial charge is 0.497 e. The van der Waals surface area contributed by atoms with Gasteiger partial charge in [-0.3, -0.25) is 0 Å². The zero-order valence-electron chi connectivity index (χ0n) is 10.1. The zero-order chi connectivity index (χ0) is 11.9. The summed E-state index contributed by atoms with van der Waals surface area (Å²) >= 11 is 0. The minimum atomic E-state index is 0.261. The van der Waals surface area contributed by atoms with E-state index in [4.69, 9.17) is 10.5 Å². The van der Waals surface area contributed by atoms with Crippen LogP contribution in [0.3, 0.4) is 0 Å². The van der Waals surface area contributed by atoms with Gasteiger partial charge in [0.05, 0.1) is 7.11 Å². The van der Waals surface area contributed by atoms with Crippen molar-refractivity contribution >= 4 is 10.8 Å². The monoisotopic (exact) mass is 227 g/mol. The van der Waals surface area contributed by atoms with E-state index in [1.807, 2.05) is 6.07 Å². The molecule has 1 saturated carbocycles. The lowest BCUT2D eigenvalue weighted by Gasteiger charge is -2.13. The third-order valence-electron chi connectivity index (χ3n) is 3.90. The molecule has 0 spiro atoms. The van der Waals surface area contributed by atoms with Crippen LogP contribution in [-0.4, -0.2) is 13.7 Å². The van der Waals surface area contributed by atoms with Crippen molar-refractivity contribution in [2.75, 3.05) is 13.7 Å². The molecule has 2 heteroatoms. The molecule has 2 N–H and O–H groups in total. The number of hydrogen-bond acceptors (Lipinski definition) is 2. The van der Waals surface area contributed by atoms with Gasteiger partial charge in [-0.15, -0.1) is 0 Å². The Kier molecular flexibility index (Phi) is 2.33. The van der Waals surface area contributed by atoms with Gasteiger partial charge in [-0.05, 0) is 41.3 Å². The summed E-state index contributed by atoms with van der Waals surface area (Å²) in [4.78, 5) is 0. The van der Waals surface area contributed by atoms with Gasteiger partial charge in [-0.2, -0.15) is 0 Å². The van der Waals surface area contributed by atoms with Crippen LogP contribution in [0.15, 0.2) is 36.4 Å². The van der Waals surface area contributed by atoms with E-state index in [1.165, 1.54) is 29.2 Å². The van der Waals surface area contributed by atoms with Gasteiger partial charge in [0, 0.05) is 12.0 Å². The van der Waals surface area contributed by atoms with Crippen LogP contribution in [0.25, 0.3) is 10.8 Å². The maximum absolute atomic E-state index is 5.88. The van der Waals surface area contributed by atoms with E-state index in [0.717, 1.165) is 12.3 Å². The van der Waals surface area contributed by atoms with Crippen molar-refractivity contribution in [2.24, 2.45) is 5.73 Å². The van der Waals surface area contributed by atoms with Crippen molar-refractivity contribution in [3.63, 3.8) is 0 Å². The molecule has 0 atom stereocenters. The normalized spacial score (nSPS) is 17.1. The summed E-state index contributed by atoms with van der Waals surface area (Å²) in [6, 6.07) is 12.8. The third kappa shape index (κ3) is 1.69. The molecule has 0 amide bonds. The van der Waals surface area contributed by atoms with Crippen LogP contribution in [0.4, 0.5) is 0 Å². The molecule has 88 valence electrons. The van der Waals surface area contributed by atoms with Crippen LogP contribution in [0, 0.1) is 0 Å². The van der Waals surface area contributed by atoms with Gasteiger partial charge in [0.2, 0.25) is 0 Å². The molecule has 3 rings (SSSR count). The van der Waals surface area contributed by atoms with Crippen molar-refractivity contribution < 1.29 is 4.74 Å². The van der Waals surface area contributed by atoms with Gasteiger partial charge in [-0.25, -0.2) is 0 Å². The molecule has 1 aliphatic carbocycles. The Morgan fingerprint density at radius 3 is 2.53 bits per heavy atom. The minimum absolute atomic E-state index is 0.261. The van der Waals surface area contributed by atoms with Gasteiger partial charge in [-0.1, -0.05) is 24.3 Å². The molecule has 2 aromatic carbocycles. The van der Waals surface area contributed by atoms with Crippen molar-refractivity contribution in [3.8, 4) is 5.75 Å². The highest BCUT2D eigenvalue weighted by molar-refractivity contribution is 5.85. The Morgan fingerprint density at radius 2 is 1.88 bits per heavy atom. The number of nitrogens with two attached hydrogens (primary N) is 1. The first-order valence-electron chi connectivity index (χ1n) is 6.06. The minimum Gasteiger partial charge on any atom is -0.497 e. The first-order chi connectivity index (χ1) is 8.27. The van der Waals surface area contributed by atoms with Gasteiger partial charge in [0.1, 0.15) is 5.75 Å². The predicted octanol–water partition coefficient (Wildman–Crippen LogP) is 2.84. The quantitative estimate of drug-likeness (QED) is 0.875. The summed E-state index contributed by atoms with van der Waals surface area (Å²) in [7, 11) is 1.70. The molecule has 0 saturated heterocycles. The number of benzene rings is 2. The van der Waals surface area contributed by atoms with Crippen molar-refractivity contribution in [1.82, 2.24) is 0 Å². The van der Waals surface area contributed by atoms with Gasteiger partial charge in [0.25, 0.3) is 0 Å². The summed E-state index contributed by atoms with van der Waals surface area (Å²) in [6.07, 6.45) is 2.44. The van der Waals surface area contributed by atoms with Crippen molar-refractivity contribution in [2.45, 2.75) is 18.3 Å². The maximum Gasteiger partial charge on any atom is 0.119 e.